The number of hydrogen-bond donors (Lipinski definition) is 1. The number of allylic oxidation sites excluding steroid dienone is 2. The average Bonchev–Trinajstić information content (AvgIpc) is 2.70. The summed E-state index contributed by atoms with van der Waals surface area (Å²) in [6, 6.07) is 7.05. The number of Topliss-reactive ketones (excluding diaryl/α,β-unsaturated/α-hetero) is 1. The van der Waals surface area contributed by atoms with E-state index in [4.69, 9.17) is 0 Å². The molecule has 0 unspecified atom stereocenters. The summed E-state index contributed by atoms with van der Waals surface area (Å²) in [4.78, 5) is 22.8. The molecule has 0 amide bonds. The number of nitrogens with one attached hydrogen (secondary N) is 1. The number of benzene rings is 1. The second-order valence-electron chi connectivity index (χ2n) is 4.22. The van der Waals surface area contributed by atoms with Crippen molar-refractivity contribution in [3.8, 4) is 0 Å². The van der Waals surface area contributed by atoms with Gasteiger partial charge in [-0.05, 0) is 31.5 Å². The third kappa shape index (κ3) is 2.42. The van der Waals surface area contributed by atoms with Crippen molar-refractivity contribution in [2.75, 3.05) is 12.4 Å². The summed E-state index contributed by atoms with van der Waals surface area (Å²) in [5.74, 6) is -0.187. The molecule has 0 aliphatic heterocycles. The number of hydrogen-bond acceptors (Lipinski definition) is 4. The minimum absolute atomic E-state index is 0.182. The van der Waals surface area contributed by atoms with Gasteiger partial charge in [0.25, 0.3) is 0 Å². The second-order valence-corrected chi connectivity index (χ2v) is 4.22. The first-order chi connectivity index (χ1) is 8.61. The van der Waals surface area contributed by atoms with Crippen LogP contribution < -0.4 is 5.32 Å². The van der Waals surface area contributed by atoms with Crippen molar-refractivity contribution in [1.29, 1.82) is 0 Å². The molecule has 94 valence electrons. The zero-order valence-corrected chi connectivity index (χ0v) is 10.4. The molecule has 0 fully saturated rings. The Hall–Kier alpha value is -2.10. The van der Waals surface area contributed by atoms with E-state index in [0.29, 0.717) is 12.0 Å². The highest BCUT2D eigenvalue weighted by Crippen LogP contribution is 2.24. The smallest absolute Gasteiger partial charge is 0.337 e. The van der Waals surface area contributed by atoms with Gasteiger partial charge in [0, 0.05) is 23.4 Å². The molecule has 0 heterocycles. The quantitative estimate of drug-likeness (QED) is 0.831. The van der Waals surface area contributed by atoms with Crippen LogP contribution in [0, 0.1) is 0 Å². The van der Waals surface area contributed by atoms with Gasteiger partial charge in [-0.25, -0.2) is 4.79 Å². The van der Waals surface area contributed by atoms with Gasteiger partial charge >= 0.3 is 5.97 Å². The molecule has 1 aliphatic rings. The molecule has 18 heavy (non-hydrogen) atoms. The number of rotatable bonds is 3. The zero-order chi connectivity index (χ0) is 13.1. The summed E-state index contributed by atoms with van der Waals surface area (Å²) in [5, 5.41) is 3.19. The lowest BCUT2D eigenvalue weighted by Gasteiger charge is -2.09. The summed E-state index contributed by atoms with van der Waals surface area (Å²) < 4.78 is 4.67. The van der Waals surface area contributed by atoms with Crippen LogP contribution >= 0.6 is 0 Å². The van der Waals surface area contributed by atoms with Crippen LogP contribution in [-0.2, 0) is 9.53 Å². The van der Waals surface area contributed by atoms with Crippen LogP contribution in [0.1, 0.15) is 30.1 Å². The molecule has 1 N–H and O–H groups in total. The number of anilines is 1. The summed E-state index contributed by atoms with van der Waals surface area (Å²) in [7, 11) is 1.35. The fourth-order valence-corrected chi connectivity index (χ4v) is 1.95. The summed E-state index contributed by atoms with van der Waals surface area (Å²) in [5.41, 5.74) is 2.99. The summed E-state index contributed by atoms with van der Waals surface area (Å²) in [6.07, 6.45) is 1.29. The van der Waals surface area contributed by atoms with Gasteiger partial charge in [0.1, 0.15) is 0 Å². The molecule has 1 aromatic carbocycles. The van der Waals surface area contributed by atoms with E-state index in [1.807, 2.05) is 13.0 Å². The first-order valence-corrected chi connectivity index (χ1v) is 5.80. The highest BCUT2D eigenvalue weighted by molar-refractivity contribution is 5.98. The Balaban J connectivity index is 2.20. The van der Waals surface area contributed by atoms with Gasteiger partial charge in [0.05, 0.1) is 12.7 Å². The maximum absolute atomic E-state index is 11.4. The van der Waals surface area contributed by atoms with E-state index < -0.39 is 0 Å². The topological polar surface area (TPSA) is 55.4 Å². The predicted molar refractivity (Wildman–Crippen MR) is 68.3 cm³/mol. The number of carbonyl (C=O) groups excluding carboxylic acids is 2. The molecule has 0 spiro atoms. The highest BCUT2D eigenvalue weighted by Gasteiger charge is 2.19. The van der Waals surface area contributed by atoms with Crippen molar-refractivity contribution >= 4 is 17.4 Å². The van der Waals surface area contributed by atoms with Gasteiger partial charge in [-0.1, -0.05) is 6.07 Å². The minimum atomic E-state index is -0.369. The Morgan fingerprint density at radius 3 is 2.72 bits per heavy atom. The van der Waals surface area contributed by atoms with Crippen molar-refractivity contribution in [2.45, 2.75) is 19.8 Å². The molecule has 1 aliphatic carbocycles. The Morgan fingerprint density at radius 1 is 1.33 bits per heavy atom. The maximum Gasteiger partial charge on any atom is 0.337 e. The fourth-order valence-electron chi connectivity index (χ4n) is 1.95. The van der Waals surface area contributed by atoms with Crippen LogP contribution in [0.3, 0.4) is 0 Å². The van der Waals surface area contributed by atoms with Gasteiger partial charge in [-0.3, -0.25) is 4.79 Å². The molecular formula is C14H15NO3. The standard InChI is InChI=1S/C14H15NO3/c1-9-12(6-7-13(9)16)15-11-5-3-4-10(8-11)14(17)18-2/h3-5,8,15H,6-7H2,1-2H3. The SMILES string of the molecule is COC(=O)c1cccc(NC2=C(C)C(=O)CC2)c1. The van der Waals surface area contributed by atoms with Crippen molar-refractivity contribution < 1.29 is 14.3 Å². The van der Waals surface area contributed by atoms with Crippen LogP contribution in [0.4, 0.5) is 5.69 Å². The lowest BCUT2D eigenvalue weighted by atomic mass is 10.2. The first-order valence-electron chi connectivity index (χ1n) is 5.80. The number of carbonyl (C=O) groups is 2. The Labute approximate surface area is 106 Å². The van der Waals surface area contributed by atoms with E-state index in [2.05, 4.69) is 10.1 Å². The molecule has 0 bridgehead atoms. The zero-order valence-electron chi connectivity index (χ0n) is 10.4. The Kier molecular flexibility index (Phi) is 3.46. The van der Waals surface area contributed by atoms with Crippen LogP contribution in [-0.4, -0.2) is 18.9 Å². The first kappa shape index (κ1) is 12.4. The number of esters is 1. The molecule has 0 aromatic heterocycles. The maximum atomic E-state index is 11.4. The Morgan fingerprint density at radius 2 is 2.11 bits per heavy atom. The van der Waals surface area contributed by atoms with Gasteiger partial charge in [0.15, 0.2) is 5.78 Å². The molecule has 1 aromatic rings. The van der Waals surface area contributed by atoms with Gasteiger partial charge in [0.2, 0.25) is 0 Å². The average molecular weight is 245 g/mol. The van der Waals surface area contributed by atoms with E-state index in [1.165, 1.54) is 7.11 Å². The van der Waals surface area contributed by atoms with E-state index in [-0.39, 0.29) is 11.8 Å². The predicted octanol–water partition coefficient (Wildman–Crippen LogP) is 2.52. The molecule has 0 radical (unpaired) electrons. The number of ether oxygens (including phenoxy) is 1. The van der Waals surface area contributed by atoms with Crippen LogP contribution in [0.25, 0.3) is 0 Å². The molecule has 4 nitrogen and oxygen atoms in total. The molecule has 2 rings (SSSR count). The lowest BCUT2D eigenvalue weighted by Crippen LogP contribution is -2.03. The fraction of sp³-hybridized carbons (Fsp3) is 0.286. The van der Waals surface area contributed by atoms with Crippen LogP contribution in [0.15, 0.2) is 35.5 Å². The van der Waals surface area contributed by atoms with Crippen molar-refractivity contribution in [3.63, 3.8) is 0 Å². The molecule has 0 atom stereocenters. The summed E-state index contributed by atoms with van der Waals surface area (Å²) in [6.45, 7) is 1.82. The minimum Gasteiger partial charge on any atom is -0.465 e. The summed E-state index contributed by atoms with van der Waals surface area (Å²) >= 11 is 0. The highest BCUT2D eigenvalue weighted by atomic mass is 16.5. The lowest BCUT2D eigenvalue weighted by molar-refractivity contribution is -0.114. The molecule has 4 heteroatoms. The van der Waals surface area contributed by atoms with Crippen molar-refractivity contribution in [1.82, 2.24) is 0 Å². The van der Waals surface area contributed by atoms with Gasteiger partial charge in [-0.2, -0.15) is 0 Å². The van der Waals surface area contributed by atoms with Gasteiger partial charge < -0.3 is 10.1 Å². The van der Waals surface area contributed by atoms with Crippen molar-refractivity contribution in [2.24, 2.45) is 0 Å². The number of methoxy groups -OCH3 is 1. The third-order valence-corrected chi connectivity index (χ3v) is 3.05. The monoisotopic (exact) mass is 245 g/mol. The second kappa shape index (κ2) is 5.04. The molecular weight excluding hydrogens is 230 g/mol. The Bertz CT molecular complexity index is 532. The van der Waals surface area contributed by atoms with E-state index in [0.717, 1.165) is 23.4 Å². The van der Waals surface area contributed by atoms with E-state index in [1.54, 1.807) is 18.2 Å². The van der Waals surface area contributed by atoms with E-state index >= 15 is 0 Å². The van der Waals surface area contributed by atoms with E-state index in [9.17, 15) is 9.59 Å². The van der Waals surface area contributed by atoms with Crippen molar-refractivity contribution in [3.05, 3.63) is 41.1 Å². The number of ketones is 1. The van der Waals surface area contributed by atoms with Crippen LogP contribution in [0.2, 0.25) is 0 Å². The van der Waals surface area contributed by atoms with Crippen LogP contribution in [0.5, 0.6) is 0 Å². The molecule has 0 saturated carbocycles. The largest absolute Gasteiger partial charge is 0.465 e. The normalized spacial score (nSPS) is 14.9. The third-order valence-electron chi connectivity index (χ3n) is 3.05. The van der Waals surface area contributed by atoms with Gasteiger partial charge in [-0.15, -0.1) is 0 Å². The molecule has 0 saturated heterocycles.